The van der Waals surface area contributed by atoms with E-state index in [1.54, 1.807) is 26.4 Å². The lowest BCUT2D eigenvalue weighted by atomic mass is 10.1. The minimum atomic E-state index is -0.975. The average Bonchev–Trinajstić information content (AvgIpc) is 2.41. The highest BCUT2D eigenvalue weighted by molar-refractivity contribution is 5.90. The fourth-order valence-corrected chi connectivity index (χ4v) is 2.02. The van der Waals surface area contributed by atoms with Gasteiger partial charge in [0.05, 0.1) is 30.2 Å². The Morgan fingerprint density at radius 1 is 1.40 bits per heavy atom. The molecule has 1 rings (SSSR count). The van der Waals surface area contributed by atoms with Crippen LogP contribution in [0.15, 0.2) is 18.2 Å². The quantitative estimate of drug-likeness (QED) is 0.702. The Bertz CT molecular complexity index is 451. The van der Waals surface area contributed by atoms with E-state index in [2.05, 4.69) is 0 Å². The summed E-state index contributed by atoms with van der Waals surface area (Å²) in [4.78, 5) is 13.1. The van der Waals surface area contributed by atoms with Crippen LogP contribution in [0.1, 0.15) is 17.3 Å². The van der Waals surface area contributed by atoms with Crippen LogP contribution in [-0.4, -0.2) is 51.1 Å². The number of nitrogens with zero attached hydrogens (tertiary/aromatic N) is 1. The highest BCUT2D eigenvalue weighted by Gasteiger charge is 2.18. The number of carbonyl (C=O) groups is 1. The van der Waals surface area contributed by atoms with Gasteiger partial charge in [0.15, 0.2) is 0 Å². The number of ether oxygens (including phenoxy) is 2. The molecule has 3 N–H and O–H groups in total. The average molecular weight is 282 g/mol. The zero-order valence-electron chi connectivity index (χ0n) is 12.1. The molecule has 0 saturated heterocycles. The first-order valence-corrected chi connectivity index (χ1v) is 6.38. The van der Waals surface area contributed by atoms with Crippen molar-refractivity contribution in [3.05, 3.63) is 23.8 Å². The van der Waals surface area contributed by atoms with Gasteiger partial charge in [-0.05, 0) is 25.1 Å². The highest BCUT2D eigenvalue weighted by atomic mass is 16.5. The normalized spacial score (nSPS) is 12.2. The van der Waals surface area contributed by atoms with Gasteiger partial charge in [0.25, 0.3) is 0 Å². The zero-order valence-corrected chi connectivity index (χ0v) is 12.1. The molecule has 0 aromatic heterocycles. The molecule has 1 atom stereocenters. The molecule has 1 aromatic rings. The molecule has 1 aromatic carbocycles. The van der Waals surface area contributed by atoms with Gasteiger partial charge in [-0.25, -0.2) is 4.79 Å². The molecule has 0 spiro atoms. The van der Waals surface area contributed by atoms with Crippen molar-refractivity contribution in [2.24, 2.45) is 0 Å². The summed E-state index contributed by atoms with van der Waals surface area (Å²) in [5, 5.41) is 9.09. The van der Waals surface area contributed by atoms with Crippen LogP contribution in [-0.2, 0) is 9.47 Å². The van der Waals surface area contributed by atoms with Crippen molar-refractivity contribution in [3.8, 4) is 0 Å². The molecule has 0 radical (unpaired) electrons. The van der Waals surface area contributed by atoms with E-state index in [1.165, 1.54) is 6.07 Å². The van der Waals surface area contributed by atoms with Crippen molar-refractivity contribution >= 4 is 17.3 Å². The van der Waals surface area contributed by atoms with Crippen LogP contribution >= 0.6 is 0 Å². The molecule has 0 aliphatic heterocycles. The highest BCUT2D eigenvalue weighted by Crippen LogP contribution is 2.26. The number of anilines is 2. The van der Waals surface area contributed by atoms with Crippen LogP contribution < -0.4 is 10.6 Å². The van der Waals surface area contributed by atoms with Crippen molar-refractivity contribution in [2.75, 3.05) is 44.6 Å². The van der Waals surface area contributed by atoms with Crippen LogP contribution in [0.25, 0.3) is 0 Å². The van der Waals surface area contributed by atoms with Crippen molar-refractivity contribution in [2.45, 2.75) is 13.0 Å². The Labute approximate surface area is 119 Å². The van der Waals surface area contributed by atoms with Crippen LogP contribution in [0, 0.1) is 0 Å². The first-order valence-electron chi connectivity index (χ1n) is 6.38. The molecule has 0 heterocycles. The van der Waals surface area contributed by atoms with E-state index in [1.807, 2.05) is 11.8 Å². The Hall–Kier alpha value is -1.79. The molecule has 6 heteroatoms. The Balaban J connectivity index is 3.10. The van der Waals surface area contributed by atoms with Gasteiger partial charge in [0, 0.05) is 26.8 Å². The van der Waals surface area contributed by atoms with Gasteiger partial charge in [-0.3, -0.25) is 0 Å². The lowest BCUT2D eigenvalue weighted by Gasteiger charge is -2.32. The van der Waals surface area contributed by atoms with E-state index in [0.29, 0.717) is 31.1 Å². The van der Waals surface area contributed by atoms with Gasteiger partial charge < -0.3 is 25.2 Å². The second kappa shape index (κ2) is 7.72. The Morgan fingerprint density at radius 3 is 2.65 bits per heavy atom. The molecule has 1 unspecified atom stereocenters. The number of hydrogen-bond acceptors (Lipinski definition) is 5. The number of benzene rings is 1. The van der Waals surface area contributed by atoms with Gasteiger partial charge in [0.1, 0.15) is 0 Å². The van der Waals surface area contributed by atoms with Crippen molar-refractivity contribution in [1.82, 2.24) is 0 Å². The van der Waals surface area contributed by atoms with E-state index in [9.17, 15) is 4.79 Å². The maximum absolute atomic E-state index is 11.1. The van der Waals surface area contributed by atoms with E-state index in [4.69, 9.17) is 20.3 Å². The Kier molecular flexibility index (Phi) is 6.27. The molecule has 0 fully saturated rings. The summed E-state index contributed by atoms with van der Waals surface area (Å²) in [5.74, 6) is -0.975. The maximum atomic E-state index is 11.1. The fraction of sp³-hybridized carbons (Fsp3) is 0.500. The number of carboxylic acids is 1. The van der Waals surface area contributed by atoms with Crippen LogP contribution in [0.4, 0.5) is 11.4 Å². The summed E-state index contributed by atoms with van der Waals surface area (Å²) in [6.45, 7) is 3.63. The second-order valence-corrected chi connectivity index (χ2v) is 4.57. The molecule has 0 aliphatic rings. The molecule has 0 bridgehead atoms. The molecule has 0 saturated carbocycles. The van der Waals surface area contributed by atoms with Gasteiger partial charge in [-0.15, -0.1) is 0 Å². The summed E-state index contributed by atoms with van der Waals surface area (Å²) in [6, 6.07) is 4.75. The molecule has 112 valence electrons. The van der Waals surface area contributed by atoms with Gasteiger partial charge in [-0.1, -0.05) is 0 Å². The molecule has 20 heavy (non-hydrogen) atoms. The topological polar surface area (TPSA) is 85.0 Å². The molecule has 0 amide bonds. The number of nitrogen functional groups attached to an aromatic ring is 1. The largest absolute Gasteiger partial charge is 0.478 e. The fourth-order valence-electron chi connectivity index (χ4n) is 2.02. The molecular formula is C14H22N2O4. The minimum Gasteiger partial charge on any atom is -0.478 e. The number of nitrogens with two attached hydrogens (primary N) is 1. The number of aromatic carboxylic acids is 1. The second-order valence-electron chi connectivity index (χ2n) is 4.57. The predicted octanol–water partition coefficient (Wildman–Crippen LogP) is 1.45. The molecule has 0 aliphatic carbocycles. The monoisotopic (exact) mass is 282 g/mol. The van der Waals surface area contributed by atoms with Crippen molar-refractivity contribution < 1.29 is 19.4 Å². The first kappa shape index (κ1) is 16.3. The third kappa shape index (κ3) is 4.11. The summed E-state index contributed by atoms with van der Waals surface area (Å²) in [5.41, 5.74) is 7.41. The summed E-state index contributed by atoms with van der Waals surface area (Å²) in [7, 11) is 3.25. The first-order chi connectivity index (χ1) is 9.51. The van der Waals surface area contributed by atoms with Crippen molar-refractivity contribution in [3.63, 3.8) is 0 Å². The minimum absolute atomic E-state index is 0.0569. The van der Waals surface area contributed by atoms with Gasteiger partial charge in [-0.2, -0.15) is 0 Å². The van der Waals surface area contributed by atoms with Gasteiger partial charge in [0.2, 0.25) is 0 Å². The van der Waals surface area contributed by atoms with E-state index in [-0.39, 0.29) is 11.6 Å². The third-order valence-electron chi connectivity index (χ3n) is 3.06. The maximum Gasteiger partial charge on any atom is 0.335 e. The number of methoxy groups -OCH3 is 2. The predicted molar refractivity (Wildman–Crippen MR) is 78.4 cm³/mol. The number of rotatable bonds is 8. The third-order valence-corrected chi connectivity index (χ3v) is 3.06. The Morgan fingerprint density at radius 2 is 2.10 bits per heavy atom. The zero-order chi connectivity index (χ0) is 15.1. The number of carboxylic acid groups (broad SMARTS) is 1. The van der Waals surface area contributed by atoms with Gasteiger partial charge >= 0.3 is 5.97 Å². The van der Waals surface area contributed by atoms with Crippen LogP contribution in [0.3, 0.4) is 0 Å². The summed E-state index contributed by atoms with van der Waals surface area (Å²) < 4.78 is 10.3. The summed E-state index contributed by atoms with van der Waals surface area (Å²) in [6.07, 6.45) is 0. The van der Waals surface area contributed by atoms with E-state index < -0.39 is 5.97 Å². The smallest absolute Gasteiger partial charge is 0.335 e. The van der Waals surface area contributed by atoms with Crippen LogP contribution in [0.5, 0.6) is 0 Å². The molecular weight excluding hydrogens is 260 g/mol. The van der Waals surface area contributed by atoms with Crippen LogP contribution in [0.2, 0.25) is 0 Å². The standard InChI is InChI=1S/C14H22N2O4/c1-10(9-20-3)16(6-7-19-2)13-8-11(14(17)18)4-5-12(13)15/h4-5,8,10H,6-7,9,15H2,1-3H3,(H,17,18). The lowest BCUT2D eigenvalue weighted by molar-refractivity contribution is 0.0697. The lowest BCUT2D eigenvalue weighted by Crippen LogP contribution is -2.39. The summed E-state index contributed by atoms with van der Waals surface area (Å²) >= 11 is 0. The van der Waals surface area contributed by atoms with Crippen molar-refractivity contribution in [1.29, 1.82) is 0 Å². The number of hydrogen-bond donors (Lipinski definition) is 2. The SMILES string of the molecule is COCCN(c1cc(C(=O)O)ccc1N)C(C)COC. The molecule has 6 nitrogen and oxygen atoms in total. The van der Waals surface area contributed by atoms with E-state index >= 15 is 0 Å². The van der Waals surface area contributed by atoms with E-state index in [0.717, 1.165) is 0 Å².